The molecule has 0 fully saturated rings. The lowest BCUT2D eigenvalue weighted by atomic mass is 10.1. The van der Waals surface area contributed by atoms with Gasteiger partial charge in [0.05, 0.1) is 5.56 Å². The smallest absolute Gasteiger partial charge is 0.231 e. The Morgan fingerprint density at radius 3 is 2.64 bits per heavy atom. The zero-order valence-corrected chi connectivity index (χ0v) is 16.4. The molecule has 0 N–H and O–H groups in total. The molecule has 0 atom stereocenters. The fourth-order valence-corrected chi connectivity index (χ4v) is 3.40. The molecule has 1 aliphatic rings. The Bertz CT molecular complexity index is 1100. The number of Topliss-reactive ketones (excluding diaryl/α,β-unsaturated/α-hetero) is 1. The van der Waals surface area contributed by atoms with E-state index in [1.165, 1.54) is 0 Å². The predicted octanol–water partition coefficient (Wildman–Crippen LogP) is 6.15. The number of hydrogen-bond donors (Lipinski definition) is 0. The molecule has 0 saturated heterocycles. The fourth-order valence-electron chi connectivity index (χ4n) is 3.21. The van der Waals surface area contributed by atoms with Gasteiger partial charge in [0.15, 0.2) is 5.76 Å². The summed E-state index contributed by atoms with van der Waals surface area (Å²) in [5.41, 5.74) is 4.32. The lowest BCUT2D eigenvalue weighted by Gasteiger charge is -2.12. The van der Waals surface area contributed by atoms with Gasteiger partial charge in [-0.1, -0.05) is 59.6 Å². The third-order valence-electron chi connectivity index (χ3n) is 4.72. The molecule has 28 heavy (non-hydrogen) atoms. The lowest BCUT2D eigenvalue weighted by molar-refractivity contribution is 0.101. The second-order valence-corrected chi connectivity index (χ2v) is 7.21. The Balaban J connectivity index is 1.59. The van der Waals surface area contributed by atoms with Crippen LogP contribution >= 0.6 is 11.6 Å². The van der Waals surface area contributed by atoms with Crippen molar-refractivity contribution in [3.8, 4) is 11.5 Å². The average Bonchev–Trinajstić information content (AvgIpc) is 2.99. The van der Waals surface area contributed by atoms with E-state index in [0.29, 0.717) is 34.5 Å². The highest BCUT2D eigenvalue weighted by molar-refractivity contribution is 6.31. The Kier molecular flexibility index (Phi) is 4.93. The van der Waals surface area contributed by atoms with Crippen LogP contribution in [0.1, 0.15) is 32.6 Å². The third-order valence-corrected chi connectivity index (χ3v) is 5.09. The Labute approximate surface area is 169 Å². The van der Waals surface area contributed by atoms with Crippen molar-refractivity contribution in [1.29, 1.82) is 0 Å². The number of ether oxygens (including phenoxy) is 2. The number of hydrogen-bond acceptors (Lipinski definition) is 3. The number of rotatable bonds is 4. The number of aryl methyl sites for hydroxylation is 1. The molecule has 3 nitrogen and oxygen atoms in total. The van der Waals surface area contributed by atoms with E-state index in [4.69, 9.17) is 21.1 Å². The SMILES string of the molecule is Cc1cccc(/C=C2\Oc3c(ccc(OCc4ccccc4Cl)c3C)C2=O)c1. The first-order valence-corrected chi connectivity index (χ1v) is 9.41. The predicted molar refractivity (Wildman–Crippen MR) is 111 cm³/mol. The summed E-state index contributed by atoms with van der Waals surface area (Å²) in [6.45, 7) is 4.25. The van der Waals surface area contributed by atoms with Gasteiger partial charge in [-0.05, 0) is 43.7 Å². The first-order valence-electron chi connectivity index (χ1n) is 9.03. The molecule has 0 aliphatic carbocycles. The quantitative estimate of drug-likeness (QED) is 0.501. The molecule has 0 aromatic heterocycles. The van der Waals surface area contributed by atoms with E-state index in [2.05, 4.69) is 0 Å². The van der Waals surface area contributed by atoms with E-state index in [-0.39, 0.29) is 5.78 Å². The molecule has 3 aromatic rings. The first kappa shape index (κ1) is 18.3. The number of benzene rings is 3. The summed E-state index contributed by atoms with van der Waals surface area (Å²) < 4.78 is 11.9. The van der Waals surface area contributed by atoms with E-state index in [1.807, 2.05) is 68.4 Å². The molecule has 0 amide bonds. The third kappa shape index (κ3) is 3.54. The van der Waals surface area contributed by atoms with E-state index >= 15 is 0 Å². The van der Waals surface area contributed by atoms with Gasteiger partial charge in [0.1, 0.15) is 18.1 Å². The molecule has 0 saturated carbocycles. The summed E-state index contributed by atoms with van der Waals surface area (Å²) in [4.78, 5) is 12.7. The number of fused-ring (bicyclic) bond motifs is 1. The molecule has 3 aromatic carbocycles. The Morgan fingerprint density at radius 2 is 1.86 bits per heavy atom. The van der Waals surface area contributed by atoms with E-state index in [9.17, 15) is 4.79 Å². The van der Waals surface area contributed by atoms with Crippen LogP contribution in [0.15, 0.2) is 66.4 Å². The Morgan fingerprint density at radius 1 is 1.04 bits per heavy atom. The normalized spacial score (nSPS) is 14.1. The number of ketones is 1. The highest BCUT2D eigenvalue weighted by atomic mass is 35.5. The summed E-state index contributed by atoms with van der Waals surface area (Å²) >= 11 is 6.19. The van der Waals surface area contributed by atoms with Crippen LogP contribution in [0.4, 0.5) is 0 Å². The fraction of sp³-hybridized carbons (Fsp3) is 0.125. The van der Waals surface area contributed by atoms with Crippen LogP contribution < -0.4 is 9.47 Å². The highest BCUT2D eigenvalue weighted by Crippen LogP contribution is 2.39. The average molecular weight is 391 g/mol. The lowest BCUT2D eigenvalue weighted by Crippen LogP contribution is -1.99. The van der Waals surface area contributed by atoms with Gasteiger partial charge in [-0.25, -0.2) is 0 Å². The van der Waals surface area contributed by atoms with E-state index in [0.717, 1.165) is 22.3 Å². The maximum atomic E-state index is 12.7. The monoisotopic (exact) mass is 390 g/mol. The molecule has 4 rings (SSSR count). The molecule has 1 heterocycles. The molecular formula is C24H19ClO3. The minimum absolute atomic E-state index is 0.114. The summed E-state index contributed by atoms with van der Waals surface area (Å²) in [6.07, 6.45) is 1.78. The van der Waals surface area contributed by atoms with Crippen LogP contribution in [0.25, 0.3) is 6.08 Å². The van der Waals surface area contributed by atoms with Crippen LogP contribution in [0.5, 0.6) is 11.5 Å². The highest BCUT2D eigenvalue weighted by Gasteiger charge is 2.30. The summed E-state index contributed by atoms with van der Waals surface area (Å²) in [5.74, 6) is 1.44. The second kappa shape index (κ2) is 7.53. The van der Waals surface area contributed by atoms with Crippen molar-refractivity contribution in [2.24, 2.45) is 0 Å². The van der Waals surface area contributed by atoms with E-state index < -0.39 is 0 Å². The molecule has 0 unspecified atom stereocenters. The van der Waals surface area contributed by atoms with Gasteiger partial charge in [-0.3, -0.25) is 4.79 Å². The number of halogens is 1. The molecular weight excluding hydrogens is 372 g/mol. The number of carbonyl (C=O) groups is 1. The molecule has 1 aliphatic heterocycles. The van der Waals surface area contributed by atoms with Crippen molar-refractivity contribution in [3.63, 3.8) is 0 Å². The van der Waals surface area contributed by atoms with Gasteiger partial charge in [0, 0.05) is 16.1 Å². The summed E-state index contributed by atoms with van der Waals surface area (Å²) in [5, 5.41) is 0.663. The molecule has 0 bridgehead atoms. The summed E-state index contributed by atoms with van der Waals surface area (Å²) in [6, 6.07) is 19.1. The maximum absolute atomic E-state index is 12.7. The maximum Gasteiger partial charge on any atom is 0.231 e. The largest absolute Gasteiger partial charge is 0.488 e. The van der Waals surface area contributed by atoms with Crippen molar-refractivity contribution in [1.82, 2.24) is 0 Å². The standard InChI is InChI=1S/C24H19ClO3/c1-15-6-5-7-17(12-15)13-22-23(26)19-10-11-21(16(2)24(19)28-22)27-14-18-8-3-4-9-20(18)25/h3-13H,14H2,1-2H3/b22-13-. The van der Waals surface area contributed by atoms with Crippen LogP contribution in [0.3, 0.4) is 0 Å². The summed E-state index contributed by atoms with van der Waals surface area (Å²) in [7, 11) is 0. The van der Waals surface area contributed by atoms with Gasteiger partial charge in [-0.2, -0.15) is 0 Å². The number of allylic oxidation sites excluding steroid dienone is 1. The topological polar surface area (TPSA) is 35.5 Å². The van der Waals surface area contributed by atoms with E-state index in [1.54, 1.807) is 12.1 Å². The zero-order valence-electron chi connectivity index (χ0n) is 15.7. The van der Waals surface area contributed by atoms with Gasteiger partial charge in [-0.15, -0.1) is 0 Å². The van der Waals surface area contributed by atoms with Gasteiger partial charge < -0.3 is 9.47 Å². The minimum Gasteiger partial charge on any atom is -0.488 e. The number of carbonyl (C=O) groups excluding carboxylic acids is 1. The molecule has 140 valence electrons. The van der Waals surface area contributed by atoms with Crippen molar-refractivity contribution in [2.75, 3.05) is 0 Å². The Hall–Kier alpha value is -3.04. The van der Waals surface area contributed by atoms with Crippen LogP contribution in [-0.2, 0) is 6.61 Å². The van der Waals surface area contributed by atoms with Crippen LogP contribution in [0, 0.1) is 13.8 Å². The van der Waals surface area contributed by atoms with Crippen molar-refractivity contribution < 1.29 is 14.3 Å². The molecule has 0 spiro atoms. The van der Waals surface area contributed by atoms with Crippen molar-refractivity contribution in [2.45, 2.75) is 20.5 Å². The van der Waals surface area contributed by atoms with Gasteiger partial charge in [0.25, 0.3) is 0 Å². The first-order chi connectivity index (χ1) is 13.5. The van der Waals surface area contributed by atoms with Gasteiger partial charge in [0.2, 0.25) is 5.78 Å². The molecule has 0 radical (unpaired) electrons. The van der Waals surface area contributed by atoms with Gasteiger partial charge >= 0.3 is 0 Å². The van der Waals surface area contributed by atoms with Crippen LogP contribution in [-0.4, -0.2) is 5.78 Å². The zero-order chi connectivity index (χ0) is 19.7. The molecule has 4 heteroatoms. The minimum atomic E-state index is -0.114. The second-order valence-electron chi connectivity index (χ2n) is 6.80. The van der Waals surface area contributed by atoms with Crippen molar-refractivity contribution >= 4 is 23.5 Å². The van der Waals surface area contributed by atoms with Crippen molar-refractivity contribution in [3.05, 3.63) is 99.3 Å². The van der Waals surface area contributed by atoms with Crippen LogP contribution in [0.2, 0.25) is 5.02 Å².